The minimum atomic E-state index is 0.878. The molecule has 0 spiro atoms. The van der Waals surface area contributed by atoms with Crippen LogP contribution in [0, 0.1) is 17.8 Å². The van der Waals surface area contributed by atoms with E-state index < -0.39 is 0 Å². The van der Waals surface area contributed by atoms with Gasteiger partial charge < -0.3 is 0 Å². The molecule has 0 nitrogen and oxygen atoms in total. The van der Waals surface area contributed by atoms with Crippen LogP contribution in [-0.2, 0) is 6.42 Å². The minimum absolute atomic E-state index is 0.878. The van der Waals surface area contributed by atoms with Gasteiger partial charge in [-0.15, -0.1) is 0 Å². The van der Waals surface area contributed by atoms with Gasteiger partial charge in [0.05, 0.1) is 0 Å². The lowest BCUT2D eigenvalue weighted by atomic mass is 9.73. The van der Waals surface area contributed by atoms with Crippen molar-refractivity contribution >= 4 is 5.57 Å². The van der Waals surface area contributed by atoms with Gasteiger partial charge in [-0.05, 0) is 66.6 Å². The number of fused-ring (bicyclic) bond motifs is 1. The van der Waals surface area contributed by atoms with Gasteiger partial charge in [-0.25, -0.2) is 0 Å². The van der Waals surface area contributed by atoms with Crippen LogP contribution in [-0.4, -0.2) is 0 Å². The van der Waals surface area contributed by atoms with Gasteiger partial charge in [0.15, 0.2) is 0 Å². The van der Waals surface area contributed by atoms with Gasteiger partial charge in [0.1, 0.15) is 0 Å². The average Bonchev–Trinajstić information content (AvgIpc) is 3.22. The van der Waals surface area contributed by atoms with Crippen molar-refractivity contribution in [2.24, 2.45) is 17.8 Å². The fourth-order valence-corrected chi connectivity index (χ4v) is 5.15. The number of rotatable bonds is 3. The van der Waals surface area contributed by atoms with Crippen molar-refractivity contribution in [1.82, 2.24) is 0 Å². The lowest BCUT2D eigenvalue weighted by molar-refractivity contribution is 0.297. The lowest BCUT2D eigenvalue weighted by Gasteiger charge is -2.31. The summed E-state index contributed by atoms with van der Waals surface area (Å²) in [6.07, 6.45) is 15.6. The summed E-state index contributed by atoms with van der Waals surface area (Å²) in [6, 6.07) is 9.15. The summed E-state index contributed by atoms with van der Waals surface area (Å²) in [6.45, 7) is 0. The topological polar surface area (TPSA) is 0 Å². The Morgan fingerprint density at radius 1 is 0.800 bits per heavy atom. The summed E-state index contributed by atoms with van der Waals surface area (Å²) in [5, 5.41) is 0. The van der Waals surface area contributed by atoms with E-state index in [1.54, 1.807) is 16.7 Å². The Kier molecular flexibility index (Phi) is 3.42. The summed E-state index contributed by atoms with van der Waals surface area (Å²) >= 11 is 0. The predicted molar refractivity (Wildman–Crippen MR) is 85.5 cm³/mol. The molecule has 0 saturated heterocycles. The van der Waals surface area contributed by atoms with Crippen LogP contribution in [0.2, 0.25) is 0 Å². The van der Waals surface area contributed by atoms with Crippen molar-refractivity contribution in [3.63, 3.8) is 0 Å². The lowest BCUT2D eigenvalue weighted by Crippen LogP contribution is -2.21. The van der Waals surface area contributed by atoms with Crippen LogP contribution in [0.15, 0.2) is 30.3 Å². The van der Waals surface area contributed by atoms with Crippen LogP contribution >= 0.6 is 0 Å². The first-order chi connectivity index (χ1) is 9.93. The monoisotopic (exact) mass is 266 g/mol. The average molecular weight is 266 g/mol. The second kappa shape index (κ2) is 5.39. The summed E-state index contributed by atoms with van der Waals surface area (Å²) in [7, 11) is 0. The number of hydrogen-bond donors (Lipinski definition) is 0. The van der Waals surface area contributed by atoms with Crippen molar-refractivity contribution in [3.8, 4) is 0 Å². The third-order valence-corrected chi connectivity index (χ3v) is 6.04. The highest BCUT2D eigenvalue weighted by Gasteiger charge is 2.37. The van der Waals surface area contributed by atoms with E-state index >= 15 is 0 Å². The van der Waals surface area contributed by atoms with Gasteiger partial charge in [0, 0.05) is 0 Å². The number of allylic oxidation sites excluding steroid dienone is 2. The smallest absolute Gasteiger partial charge is 0.00853 e. The predicted octanol–water partition coefficient (Wildman–Crippen LogP) is 5.62. The molecule has 1 aromatic rings. The molecule has 2 saturated carbocycles. The van der Waals surface area contributed by atoms with Crippen LogP contribution in [0.25, 0.3) is 5.57 Å². The summed E-state index contributed by atoms with van der Waals surface area (Å²) < 4.78 is 0. The van der Waals surface area contributed by atoms with Crippen LogP contribution in [0.3, 0.4) is 0 Å². The maximum Gasteiger partial charge on any atom is -0.00853 e. The van der Waals surface area contributed by atoms with Crippen molar-refractivity contribution in [2.45, 2.75) is 57.8 Å². The zero-order valence-corrected chi connectivity index (χ0v) is 12.5. The maximum atomic E-state index is 2.58. The normalized spacial score (nSPS) is 23.6. The molecule has 4 rings (SSSR count). The summed E-state index contributed by atoms with van der Waals surface area (Å²) in [4.78, 5) is 0. The first-order valence-electron chi connectivity index (χ1n) is 8.72. The summed E-state index contributed by atoms with van der Waals surface area (Å²) in [5.41, 5.74) is 4.90. The molecule has 0 aromatic heterocycles. The molecule has 0 aliphatic heterocycles. The van der Waals surface area contributed by atoms with E-state index in [0.717, 1.165) is 17.8 Å². The fraction of sp³-hybridized carbons (Fsp3) is 0.600. The summed E-state index contributed by atoms with van der Waals surface area (Å²) in [5.74, 6) is 2.84. The molecule has 0 atom stereocenters. The van der Waals surface area contributed by atoms with Gasteiger partial charge in [0.25, 0.3) is 0 Å². The van der Waals surface area contributed by atoms with Gasteiger partial charge in [0.2, 0.25) is 0 Å². The molecule has 0 heteroatoms. The molecule has 1 aromatic carbocycles. The fourth-order valence-electron chi connectivity index (χ4n) is 5.15. The second-order valence-electron chi connectivity index (χ2n) is 7.14. The van der Waals surface area contributed by atoms with E-state index in [1.807, 2.05) is 0 Å². The van der Waals surface area contributed by atoms with Crippen molar-refractivity contribution < 1.29 is 0 Å². The molecular formula is C20H26. The Morgan fingerprint density at radius 2 is 1.40 bits per heavy atom. The van der Waals surface area contributed by atoms with Crippen molar-refractivity contribution in [1.29, 1.82) is 0 Å². The molecule has 0 unspecified atom stereocenters. The zero-order chi connectivity index (χ0) is 13.4. The molecule has 0 heterocycles. The first kappa shape index (κ1) is 12.7. The van der Waals surface area contributed by atoms with E-state index in [4.69, 9.17) is 0 Å². The highest BCUT2D eigenvalue weighted by molar-refractivity contribution is 5.75. The van der Waals surface area contributed by atoms with E-state index in [-0.39, 0.29) is 0 Å². The Bertz CT molecular complexity index is 483. The second-order valence-corrected chi connectivity index (χ2v) is 7.14. The standard InChI is InChI=1S/C20H26/c1-2-9-16(8-1)20(17-10-3-4-11-17)19-14-13-15-7-5-6-12-18(15)19/h5-7,12,14,16-17,20H,1-4,8-11,13H2. The third-order valence-electron chi connectivity index (χ3n) is 6.04. The Labute approximate surface area is 123 Å². The Balaban J connectivity index is 1.68. The molecule has 106 valence electrons. The van der Waals surface area contributed by atoms with Gasteiger partial charge in [-0.3, -0.25) is 0 Å². The van der Waals surface area contributed by atoms with Crippen LogP contribution < -0.4 is 0 Å². The first-order valence-corrected chi connectivity index (χ1v) is 8.72. The van der Waals surface area contributed by atoms with E-state index in [2.05, 4.69) is 30.3 Å². The van der Waals surface area contributed by atoms with E-state index in [1.165, 1.54) is 57.8 Å². The van der Waals surface area contributed by atoms with E-state index in [9.17, 15) is 0 Å². The molecule has 0 amide bonds. The highest BCUT2D eigenvalue weighted by Crippen LogP contribution is 2.49. The molecular weight excluding hydrogens is 240 g/mol. The molecule has 20 heavy (non-hydrogen) atoms. The van der Waals surface area contributed by atoms with Crippen LogP contribution in [0.1, 0.15) is 62.5 Å². The zero-order valence-electron chi connectivity index (χ0n) is 12.5. The van der Waals surface area contributed by atoms with Crippen molar-refractivity contribution in [3.05, 3.63) is 41.5 Å². The highest BCUT2D eigenvalue weighted by atomic mass is 14.4. The molecule has 3 aliphatic rings. The molecule has 2 fully saturated rings. The van der Waals surface area contributed by atoms with Gasteiger partial charge in [-0.1, -0.05) is 56.0 Å². The maximum absolute atomic E-state index is 2.58. The van der Waals surface area contributed by atoms with Gasteiger partial charge in [-0.2, -0.15) is 0 Å². The van der Waals surface area contributed by atoms with Gasteiger partial charge >= 0.3 is 0 Å². The SMILES string of the molecule is C1=C(C(C2CCCC2)C2CCCC2)c2ccccc2C1. The largest absolute Gasteiger partial charge is 0.0760 e. The molecule has 0 N–H and O–H groups in total. The van der Waals surface area contributed by atoms with Crippen molar-refractivity contribution in [2.75, 3.05) is 0 Å². The quantitative estimate of drug-likeness (QED) is 0.666. The Hall–Kier alpha value is -1.04. The van der Waals surface area contributed by atoms with E-state index in [0.29, 0.717) is 0 Å². The van der Waals surface area contributed by atoms with Crippen LogP contribution in [0.5, 0.6) is 0 Å². The Morgan fingerprint density at radius 3 is 2.05 bits per heavy atom. The minimum Gasteiger partial charge on any atom is -0.0760 e. The number of hydrogen-bond acceptors (Lipinski definition) is 0. The molecule has 3 aliphatic carbocycles. The van der Waals surface area contributed by atoms with Crippen LogP contribution in [0.4, 0.5) is 0 Å². The number of benzene rings is 1. The molecule has 0 bridgehead atoms. The molecule has 0 radical (unpaired) electrons. The third kappa shape index (κ3) is 2.14.